The van der Waals surface area contributed by atoms with Crippen molar-refractivity contribution >= 4 is 18.0 Å². The van der Waals surface area contributed by atoms with E-state index in [0.717, 1.165) is 5.56 Å². The summed E-state index contributed by atoms with van der Waals surface area (Å²) in [6, 6.07) is 6.51. The maximum Gasteiger partial charge on any atom is 0.337 e. The van der Waals surface area contributed by atoms with E-state index in [2.05, 4.69) is 4.74 Å². The number of carboxylic acids is 1. The molecule has 0 saturated carbocycles. The molecule has 0 atom stereocenters. The van der Waals surface area contributed by atoms with Crippen molar-refractivity contribution in [2.45, 2.75) is 6.92 Å². The van der Waals surface area contributed by atoms with Crippen LogP contribution in [0.1, 0.15) is 22.8 Å². The molecule has 0 saturated heterocycles. The molecule has 0 aliphatic rings. The number of hydrogen-bond acceptors (Lipinski definition) is 3. The van der Waals surface area contributed by atoms with Gasteiger partial charge in [0.25, 0.3) is 0 Å². The molecule has 16 heavy (non-hydrogen) atoms. The lowest BCUT2D eigenvalue weighted by molar-refractivity contribution is -0.132. The molecule has 0 aliphatic carbocycles. The highest BCUT2D eigenvalue weighted by molar-refractivity contribution is 5.92. The third-order valence-electron chi connectivity index (χ3n) is 2.05. The Morgan fingerprint density at radius 2 is 1.81 bits per heavy atom. The van der Waals surface area contributed by atoms with Gasteiger partial charge in [-0.3, -0.25) is 0 Å². The van der Waals surface area contributed by atoms with Gasteiger partial charge in [0.2, 0.25) is 0 Å². The van der Waals surface area contributed by atoms with E-state index in [1.165, 1.54) is 20.1 Å². The minimum Gasteiger partial charge on any atom is -0.478 e. The number of carbonyl (C=O) groups excluding carboxylic acids is 1. The number of hydrogen-bond donors (Lipinski definition) is 1. The van der Waals surface area contributed by atoms with Crippen LogP contribution in [0.5, 0.6) is 0 Å². The van der Waals surface area contributed by atoms with Gasteiger partial charge in [-0.05, 0) is 30.7 Å². The van der Waals surface area contributed by atoms with Crippen LogP contribution in [-0.4, -0.2) is 24.2 Å². The third kappa shape index (κ3) is 2.95. The standard InChI is InChI=1S/C12H12O4/c1-8(11(13)14)7-9-3-5-10(6-4-9)12(15)16-2/h3-7H,1-2H3,(H,13,14)/b8-7-. The van der Waals surface area contributed by atoms with E-state index in [1.54, 1.807) is 24.3 Å². The minimum atomic E-state index is -0.961. The Labute approximate surface area is 93.2 Å². The average molecular weight is 220 g/mol. The topological polar surface area (TPSA) is 63.6 Å². The van der Waals surface area contributed by atoms with E-state index < -0.39 is 11.9 Å². The largest absolute Gasteiger partial charge is 0.478 e. The summed E-state index contributed by atoms with van der Waals surface area (Å²) in [6.45, 7) is 1.51. The van der Waals surface area contributed by atoms with Crippen LogP contribution in [0.25, 0.3) is 6.08 Å². The van der Waals surface area contributed by atoms with Gasteiger partial charge in [0, 0.05) is 5.57 Å². The quantitative estimate of drug-likeness (QED) is 0.624. The van der Waals surface area contributed by atoms with Crippen LogP contribution in [-0.2, 0) is 9.53 Å². The number of carboxylic acid groups (broad SMARTS) is 1. The monoisotopic (exact) mass is 220 g/mol. The number of ether oxygens (including phenoxy) is 1. The van der Waals surface area contributed by atoms with Gasteiger partial charge < -0.3 is 9.84 Å². The summed E-state index contributed by atoms with van der Waals surface area (Å²) in [7, 11) is 1.31. The molecular formula is C12H12O4. The Bertz CT molecular complexity index is 429. The van der Waals surface area contributed by atoms with Crippen molar-refractivity contribution in [1.82, 2.24) is 0 Å². The van der Waals surface area contributed by atoms with Gasteiger partial charge in [0.05, 0.1) is 12.7 Å². The van der Waals surface area contributed by atoms with Crippen molar-refractivity contribution in [3.8, 4) is 0 Å². The molecule has 0 spiro atoms. The summed E-state index contributed by atoms with van der Waals surface area (Å²) in [5.74, 6) is -1.37. The summed E-state index contributed by atoms with van der Waals surface area (Å²) in [5.41, 5.74) is 1.41. The molecule has 0 amide bonds. The van der Waals surface area contributed by atoms with Crippen molar-refractivity contribution in [3.05, 3.63) is 41.0 Å². The van der Waals surface area contributed by atoms with Crippen molar-refractivity contribution in [3.63, 3.8) is 0 Å². The van der Waals surface area contributed by atoms with Crippen LogP contribution >= 0.6 is 0 Å². The second-order valence-corrected chi connectivity index (χ2v) is 3.25. The normalized spacial score (nSPS) is 11.0. The first-order chi connectivity index (χ1) is 7.54. The molecule has 0 fully saturated rings. The lowest BCUT2D eigenvalue weighted by atomic mass is 10.1. The molecule has 1 rings (SSSR count). The van der Waals surface area contributed by atoms with Gasteiger partial charge in [-0.25, -0.2) is 9.59 Å². The predicted molar refractivity (Wildman–Crippen MR) is 59.1 cm³/mol. The Morgan fingerprint density at radius 3 is 2.25 bits per heavy atom. The van der Waals surface area contributed by atoms with Crippen LogP contribution in [0.4, 0.5) is 0 Å². The van der Waals surface area contributed by atoms with E-state index in [-0.39, 0.29) is 5.57 Å². The first kappa shape index (κ1) is 12.0. The SMILES string of the molecule is COC(=O)c1ccc(/C=C(/C)C(=O)O)cc1. The highest BCUT2D eigenvalue weighted by atomic mass is 16.5. The van der Waals surface area contributed by atoms with Crippen LogP contribution in [0, 0.1) is 0 Å². The molecule has 0 heterocycles. The zero-order valence-electron chi connectivity index (χ0n) is 9.06. The highest BCUT2D eigenvalue weighted by Crippen LogP contribution is 2.09. The molecule has 1 N–H and O–H groups in total. The fraction of sp³-hybridized carbons (Fsp3) is 0.167. The van der Waals surface area contributed by atoms with Crippen molar-refractivity contribution in [1.29, 1.82) is 0 Å². The number of esters is 1. The number of benzene rings is 1. The summed E-state index contributed by atoms with van der Waals surface area (Å²) in [5, 5.41) is 8.68. The third-order valence-corrected chi connectivity index (χ3v) is 2.05. The lowest BCUT2D eigenvalue weighted by Gasteiger charge is -2.00. The molecule has 0 radical (unpaired) electrons. The molecule has 0 aliphatic heterocycles. The maximum atomic E-state index is 11.1. The van der Waals surface area contributed by atoms with Crippen LogP contribution < -0.4 is 0 Å². The van der Waals surface area contributed by atoms with E-state index in [0.29, 0.717) is 5.56 Å². The van der Waals surface area contributed by atoms with Crippen LogP contribution in [0.3, 0.4) is 0 Å². The van der Waals surface area contributed by atoms with Gasteiger partial charge in [0.15, 0.2) is 0 Å². The smallest absolute Gasteiger partial charge is 0.337 e. The maximum absolute atomic E-state index is 11.1. The first-order valence-corrected chi connectivity index (χ1v) is 4.64. The number of methoxy groups -OCH3 is 1. The molecule has 4 heteroatoms. The number of rotatable bonds is 3. The van der Waals surface area contributed by atoms with E-state index in [1.807, 2.05) is 0 Å². The summed E-state index contributed by atoms with van der Waals surface area (Å²) >= 11 is 0. The van der Waals surface area contributed by atoms with Gasteiger partial charge in [-0.15, -0.1) is 0 Å². The van der Waals surface area contributed by atoms with E-state index >= 15 is 0 Å². The molecular weight excluding hydrogens is 208 g/mol. The molecule has 0 bridgehead atoms. The molecule has 84 valence electrons. The Hall–Kier alpha value is -2.10. The molecule has 1 aromatic rings. The second-order valence-electron chi connectivity index (χ2n) is 3.25. The summed E-state index contributed by atoms with van der Waals surface area (Å²) in [6.07, 6.45) is 1.53. The summed E-state index contributed by atoms with van der Waals surface area (Å²) < 4.78 is 4.55. The van der Waals surface area contributed by atoms with Gasteiger partial charge in [-0.1, -0.05) is 12.1 Å². The van der Waals surface area contributed by atoms with Crippen molar-refractivity contribution in [2.24, 2.45) is 0 Å². The Kier molecular flexibility index (Phi) is 3.83. The number of carbonyl (C=O) groups is 2. The first-order valence-electron chi connectivity index (χ1n) is 4.64. The Morgan fingerprint density at radius 1 is 1.25 bits per heavy atom. The average Bonchev–Trinajstić information content (AvgIpc) is 2.28. The van der Waals surface area contributed by atoms with E-state index in [9.17, 15) is 9.59 Å². The predicted octanol–water partition coefficient (Wildman–Crippen LogP) is 1.96. The van der Waals surface area contributed by atoms with Crippen LogP contribution in [0.2, 0.25) is 0 Å². The molecule has 0 unspecified atom stereocenters. The van der Waals surface area contributed by atoms with Gasteiger partial charge in [-0.2, -0.15) is 0 Å². The fourth-order valence-electron chi connectivity index (χ4n) is 1.15. The van der Waals surface area contributed by atoms with Crippen molar-refractivity contribution < 1.29 is 19.4 Å². The fourth-order valence-corrected chi connectivity index (χ4v) is 1.15. The number of aliphatic carboxylic acids is 1. The second kappa shape index (κ2) is 5.11. The zero-order valence-corrected chi connectivity index (χ0v) is 9.06. The lowest BCUT2D eigenvalue weighted by Crippen LogP contribution is -2.00. The zero-order chi connectivity index (χ0) is 12.1. The molecule has 0 aromatic heterocycles. The van der Waals surface area contributed by atoms with Crippen molar-refractivity contribution in [2.75, 3.05) is 7.11 Å². The molecule has 4 nitrogen and oxygen atoms in total. The highest BCUT2D eigenvalue weighted by Gasteiger charge is 2.04. The summed E-state index contributed by atoms with van der Waals surface area (Å²) in [4.78, 5) is 21.7. The van der Waals surface area contributed by atoms with Crippen LogP contribution in [0.15, 0.2) is 29.8 Å². The van der Waals surface area contributed by atoms with E-state index in [4.69, 9.17) is 5.11 Å². The van der Waals surface area contributed by atoms with Gasteiger partial charge in [0.1, 0.15) is 0 Å². The van der Waals surface area contributed by atoms with Gasteiger partial charge >= 0.3 is 11.9 Å². The Balaban J connectivity index is 2.91. The molecule has 1 aromatic carbocycles. The minimum absolute atomic E-state index is 0.241.